The molecule has 144 valence electrons. The van der Waals surface area contributed by atoms with Crippen LogP contribution in [0.4, 0.5) is 0 Å². The summed E-state index contributed by atoms with van der Waals surface area (Å²) in [6.45, 7) is 10.7. The summed E-state index contributed by atoms with van der Waals surface area (Å²) in [5.74, 6) is -4.30. The number of allylic oxidation sites excluding steroid dienone is 5. The van der Waals surface area contributed by atoms with E-state index in [4.69, 9.17) is 0 Å². The molecule has 0 spiro atoms. The number of Topliss-reactive ketones (excluding diaryl/α,β-unsaturated/α-hetero) is 3. The second kappa shape index (κ2) is 8.58. The Morgan fingerprint density at radius 3 is 2.15 bits per heavy atom. The van der Waals surface area contributed by atoms with E-state index in [9.17, 15) is 24.6 Å². The number of rotatable bonds is 8. The first kappa shape index (κ1) is 22.0. The number of ketones is 3. The maximum Gasteiger partial charge on any atom is 0.191 e. The number of carbonyl (C=O) groups excluding carboxylic acids is 3. The molecule has 0 fully saturated rings. The van der Waals surface area contributed by atoms with E-state index in [1.54, 1.807) is 26.0 Å². The lowest BCUT2D eigenvalue weighted by atomic mass is 9.81. The average Bonchev–Trinajstić information content (AvgIpc) is 2.76. The van der Waals surface area contributed by atoms with Crippen molar-refractivity contribution in [2.75, 3.05) is 0 Å². The second-order valence-electron chi connectivity index (χ2n) is 7.51. The zero-order valence-electron chi connectivity index (χ0n) is 16.5. The molecule has 0 aromatic carbocycles. The van der Waals surface area contributed by atoms with Crippen LogP contribution < -0.4 is 0 Å². The summed E-state index contributed by atoms with van der Waals surface area (Å²) >= 11 is 0. The Hall–Kier alpha value is -2.01. The van der Waals surface area contributed by atoms with Gasteiger partial charge in [0.1, 0.15) is 11.3 Å². The molecule has 0 aliphatic heterocycles. The molecule has 0 saturated carbocycles. The third-order valence-corrected chi connectivity index (χ3v) is 4.85. The molecule has 0 radical (unpaired) electrons. The van der Waals surface area contributed by atoms with E-state index in [2.05, 4.69) is 0 Å². The highest BCUT2D eigenvalue weighted by Crippen LogP contribution is 2.42. The van der Waals surface area contributed by atoms with Gasteiger partial charge in [-0.05, 0) is 40.5 Å². The monoisotopic (exact) mass is 362 g/mol. The van der Waals surface area contributed by atoms with Crippen LogP contribution in [-0.4, -0.2) is 33.2 Å². The summed E-state index contributed by atoms with van der Waals surface area (Å²) in [7, 11) is 0. The van der Waals surface area contributed by atoms with Crippen molar-refractivity contribution < 1.29 is 24.6 Å². The van der Waals surface area contributed by atoms with E-state index >= 15 is 0 Å². The lowest BCUT2D eigenvalue weighted by Gasteiger charge is -2.27. The molecule has 0 aromatic rings. The summed E-state index contributed by atoms with van der Waals surface area (Å²) in [4.78, 5) is 38.1. The van der Waals surface area contributed by atoms with Gasteiger partial charge in [-0.2, -0.15) is 0 Å². The summed E-state index contributed by atoms with van der Waals surface area (Å²) < 4.78 is 0. The molecule has 1 aliphatic rings. The molecular formula is C21H30O5. The Balaban J connectivity index is 3.45. The van der Waals surface area contributed by atoms with Crippen LogP contribution in [0.1, 0.15) is 60.8 Å². The van der Waals surface area contributed by atoms with Gasteiger partial charge in [0, 0.05) is 12.3 Å². The quantitative estimate of drug-likeness (QED) is 0.508. The third kappa shape index (κ3) is 4.21. The van der Waals surface area contributed by atoms with E-state index in [0.29, 0.717) is 6.42 Å². The zero-order chi connectivity index (χ0) is 20.2. The van der Waals surface area contributed by atoms with Gasteiger partial charge in [-0.1, -0.05) is 37.1 Å². The number of carbonyl (C=O) groups is 3. The first-order chi connectivity index (χ1) is 12.0. The molecule has 5 heteroatoms. The molecule has 0 bridgehead atoms. The molecule has 0 saturated heterocycles. The van der Waals surface area contributed by atoms with Crippen molar-refractivity contribution in [2.45, 2.75) is 66.4 Å². The molecule has 0 aromatic heterocycles. The van der Waals surface area contributed by atoms with Crippen LogP contribution >= 0.6 is 0 Å². The predicted molar refractivity (Wildman–Crippen MR) is 101 cm³/mol. The summed E-state index contributed by atoms with van der Waals surface area (Å²) in [5, 5.41) is 21.7. The van der Waals surface area contributed by atoms with Gasteiger partial charge in [-0.3, -0.25) is 14.4 Å². The lowest BCUT2D eigenvalue weighted by Crippen LogP contribution is -2.46. The average molecular weight is 362 g/mol. The van der Waals surface area contributed by atoms with Crippen molar-refractivity contribution in [2.24, 2.45) is 11.8 Å². The van der Waals surface area contributed by atoms with Crippen LogP contribution in [0.3, 0.4) is 0 Å². The van der Waals surface area contributed by atoms with Crippen molar-refractivity contribution in [1.29, 1.82) is 0 Å². The standard InChI is InChI=1S/C21H30O5/c1-7-14(6)18(23)17-19(24)15(10-8-12(2)3)21(26,20(17)25)16(22)11-9-13(4)5/h8-9,14-15,25-26H,7,10-11H2,1-6H3/t14?,15?,21-/m1/s1. The Bertz CT molecular complexity index is 687. The van der Waals surface area contributed by atoms with Gasteiger partial charge in [-0.15, -0.1) is 0 Å². The smallest absolute Gasteiger partial charge is 0.191 e. The number of aliphatic hydroxyl groups is 2. The van der Waals surface area contributed by atoms with Crippen LogP contribution in [0.2, 0.25) is 0 Å². The van der Waals surface area contributed by atoms with Crippen molar-refractivity contribution in [3.05, 3.63) is 34.6 Å². The van der Waals surface area contributed by atoms with Crippen molar-refractivity contribution >= 4 is 17.3 Å². The van der Waals surface area contributed by atoms with Gasteiger partial charge in [0.25, 0.3) is 0 Å². The lowest BCUT2D eigenvalue weighted by molar-refractivity contribution is -0.144. The van der Waals surface area contributed by atoms with Crippen molar-refractivity contribution in [1.82, 2.24) is 0 Å². The SMILES string of the molecule is CCC(C)C(=O)C1=C(O)[C@](O)(C(=O)CC=C(C)C)C(CC=C(C)C)C1=O. The minimum Gasteiger partial charge on any atom is -0.508 e. The number of aliphatic hydroxyl groups excluding tert-OH is 1. The highest BCUT2D eigenvalue weighted by Gasteiger charge is 2.58. The van der Waals surface area contributed by atoms with Gasteiger partial charge in [0.05, 0.1) is 5.92 Å². The molecule has 3 atom stereocenters. The molecule has 0 heterocycles. The van der Waals surface area contributed by atoms with Gasteiger partial charge in [0.2, 0.25) is 0 Å². The molecular weight excluding hydrogens is 332 g/mol. The van der Waals surface area contributed by atoms with Crippen LogP contribution in [0.25, 0.3) is 0 Å². The molecule has 2 N–H and O–H groups in total. The summed E-state index contributed by atoms with van der Waals surface area (Å²) in [6, 6.07) is 0. The fourth-order valence-corrected chi connectivity index (χ4v) is 2.92. The van der Waals surface area contributed by atoms with Crippen molar-refractivity contribution in [3.8, 4) is 0 Å². The summed E-state index contributed by atoms with van der Waals surface area (Å²) in [6.07, 6.45) is 3.81. The minimum absolute atomic E-state index is 0.0829. The van der Waals surface area contributed by atoms with E-state index in [1.165, 1.54) is 0 Å². The van der Waals surface area contributed by atoms with Crippen LogP contribution in [0.15, 0.2) is 34.6 Å². The van der Waals surface area contributed by atoms with E-state index in [0.717, 1.165) is 11.1 Å². The Kier molecular flexibility index (Phi) is 7.27. The first-order valence-corrected chi connectivity index (χ1v) is 9.02. The number of hydrogen-bond acceptors (Lipinski definition) is 5. The second-order valence-corrected chi connectivity index (χ2v) is 7.51. The maximum atomic E-state index is 12.9. The van der Waals surface area contributed by atoms with Gasteiger partial charge in [0.15, 0.2) is 23.0 Å². The number of hydrogen-bond donors (Lipinski definition) is 2. The summed E-state index contributed by atoms with van der Waals surface area (Å²) in [5.41, 5.74) is -0.975. The highest BCUT2D eigenvalue weighted by atomic mass is 16.3. The predicted octanol–water partition coefficient (Wildman–Crippen LogP) is 3.63. The zero-order valence-corrected chi connectivity index (χ0v) is 16.5. The van der Waals surface area contributed by atoms with E-state index in [-0.39, 0.29) is 12.8 Å². The molecule has 5 nitrogen and oxygen atoms in total. The van der Waals surface area contributed by atoms with Crippen LogP contribution in [0.5, 0.6) is 0 Å². The topological polar surface area (TPSA) is 91.7 Å². The van der Waals surface area contributed by atoms with Gasteiger partial charge >= 0.3 is 0 Å². The van der Waals surface area contributed by atoms with Crippen LogP contribution in [-0.2, 0) is 14.4 Å². The Morgan fingerprint density at radius 1 is 1.15 bits per heavy atom. The van der Waals surface area contributed by atoms with E-state index in [1.807, 2.05) is 27.7 Å². The Morgan fingerprint density at radius 2 is 1.69 bits per heavy atom. The largest absolute Gasteiger partial charge is 0.508 e. The fourth-order valence-electron chi connectivity index (χ4n) is 2.92. The molecule has 1 aliphatic carbocycles. The fraction of sp³-hybridized carbons (Fsp3) is 0.571. The van der Waals surface area contributed by atoms with Gasteiger partial charge in [-0.25, -0.2) is 0 Å². The van der Waals surface area contributed by atoms with E-state index < -0.39 is 46.1 Å². The van der Waals surface area contributed by atoms with Crippen LogP contribution in [0, 0.1) is 11.8 Å². The molecule has 0 amide bonds. The molecule has 2 unspecified atom stereocenters. The maximum absolute atomic E-state index is 12.9. The van der Waals surface area contributed by atoms with Gasteiger partial charge < -0.3 is 10.2 Å². The first-order valence-electron chi connectivity index (χ1n) is 9.02. The normalized spacial score (nSPS) is 23.7. The molecule has 26 heavy (non-hydrogen) atoms. The minimum atomic E-state index is -2.35. The molecule has 1 rings (SSSR count). The highest BCUT2D eigenvalue weighted by molar-refractivity contribution is 6.26. The third-order valence-electron chi connectivity index (χ3n) is 4.85. The van der Waals surface area contributed by atoms with Crippen molar-refractivity contribution in [3.63, 3.8) is 0 Å². The Labute approximate surface area is 155 Å².